The van der Waals surface area contributed by atoms with E-state index in [1.54, 1.807) is 6.20 Å². The highest BCUT2D eigenvalue weighted by Gasteiger charge is 2.11. The van der Waals surface area contributed by atoms with E-state index in [1.165, 1.54) is 4.68 Å². The molecule has 0 aromatic carbocycles. The number of hydrogen-bond donors (Lipinski definition) is 1. The SMILES string of the molecule is CC(C)C(=O)Cn1cc(CNC(=O)C(C)C)nn1. The van der Waals surface area contributed by atoms with Crippen molar-refractivity contribution >= 4 is 11.7 Å². The maximum atomic E-state index is 11.5. The quantitative estimate of drug-likeness (QED) is 0.811. The first-order chi connectivity index (χ1) is 8.40. The highest BCUT2D eigenvalue weighted by atomic mass is 16.1. The summed E-state index contributed by atoms with van der Waals surface area (Å²) in [5.74, 6) is 0.0151. The van der Waals surface area contributed by atoms with Gasteiger partial charge < -0.3 is 5.32 Å². The maximum Gasteiger partial charge on any atom is 0.222 e. The lowest BCUT2D eigenvalue weighted by atomic mass is 10.1. The predicted octanol–water partition coefficient (Wildman–Crippen LogP) is 0.775. The van der Waals surface area contributed by atoms with Gasteiger partial charge in [0, 0.05) is 11.8 Å². The molecule has 6 heteroatoms. The summed E-state index contributed by atoms with van der Waals surface area (Å²) in [5, 5.41) is 10.5. The van der Waals surface area contributed by atoms with Crippen LogP contribution in [0.4, 0.5) is 0 Å². The molecule has 1 aromatic heterocycles. The fourth-order valence-corrected chi connectivity index (χ4v) is 1.22. The van der Waals surface area contributed by atoms with Gasteiger partial charge >= 0.3 is 0 Å². The molecule has 0 atom stereocenters. The molecule has 18 heavy (non-hydrogen) atoms. The Hall–Kier alpha value is -1.72. The van der Waals surface area contributed by atoms with Gasteiger partial charge in [-0.2, -0.15) is 0 Å². The van der Waals surface area contributed by atoms with E-state index in [9.17, 15) is 9.59 Å². The Kier molecular flexibility index (Phi) is 5.00. The average molecular weight is 252 g/mol. The Morgan fingerprint density at radius 1 is 1.28 bits per heavy atom. The van der Waals surface area contributed by atoms with Gasteiger partial charge in [0.1, 0.15) is 12.2 Å². The van der Waals surface area contributed by atoms with Crippen LogP contribution in [-0.2, 0) is 22.7 Å². The third kappa shape index (κ3) is 4.27. The van der Waals surface area contributed by atoms with Gasteiger partial charge in [-0.25, -0.2) is 4.68 Å². The third-order valence-corrected chi connectivity index (χ3v) is 2.52. The molecule has 1 aromatic rings. The standard InChI is InChI=1S/C12H20N4O2/c1-8(2)11(17)7-16-6-10(14-15-16)5-13-12(18)9(3)4/h6,8-9H,5,7H2,1-4H3,(H,13,18). The van der Waals surface area contributed by atoms with Crippen LogP contribution in [0.5, 0.6) is 0 Å². The molecular formula is C12H20N4O2. The monoisotopic (exact) mass is 252 g/mol. The summed E-state index contributed by atoms with van der Waals surface area (Å²) in [6.45, 7) is 7.92. The Bertz CT molecular complexity index is 423. The zero-order valence-electron chi connectivity index (χ0n) is 11.3. The molecule has 0 aliphatic heterocycles. The van der Waals surface area contributed by atoms with E-state index in [0.29, 0.717) is 12.2 Å². The Morgan fingerprint density at radius 3 is 2.50 bits per heavy atom. The van der Waals surface area contributed by atoms with Gasteiger partial charge in [0.25, 0.3) is 0 Å². The average Bonchev–Trinajstić information content (AvgIpc) is 2.73. The van der Waals surface area contributed by atoms with Crippen molar-refractivity contribution in [1.29, 1.82) is 0 Å². The fourth-order valence-electron chi connectivity index (χ4n) is 1.22. The zero-order valence-corrected chi connectivity index (χ0v) is 11.3. The lowest BCUT2D eigenvalue weighted by molar-refractivity contribution is -0.124. The third-order valence-electron chi connectivity index (χ3n) is 2.52. The number of nitrogens with one attached hydrogen (secondary N) is 1. The molecule has 6 nitrogen and oxygen atoms in total. The van der Waals surface area contributed by atoms with E-state index in [1.807, 2.05) is 27.7 Å². The largest absolute Gasteiger partial charge is 0.350 e. The van der Waals surface area contributed by atoms with Crippen LogP contribution in [-0.4, -0.2) is 26.7 Å². The molecule has 100 valence electrons. The van der Waals surface area contributed by atoms with Crippen molar-refractivity contribution in [1.82, 2.24) is 20.3 Å². The van der Waals surface area contributed by atoms with Crippen molar-refractivity contribution in [3.05, 3.63) is 11.9 Å². The van der Waals surface area contributed by atoms with Gasteiger partial charge in [-0.15, -0.1) is 5.10 Å². The smallest absolute Gasteiger partial charge is 0.222 e. The Balaban J connectivity index is 2.48. The topological polar surface area (TPSA) is 76.9 Å². The summed E-state index contributed by atoms with van der Waals surface area (Å²) >= 11 is 0. The second kappa shape index (κ2) is 6.28. The summed E-state index contributed by atoms with van der Waals surface area (Å²) < 4.78 is 1.50. The van der Waals surface area contributed by atoms with E-state index < -0.39 is 0 Å². The minimum absolute atomic E-state index is 0.0155. The summed E-state index contributed by atoms with van der Waals surface area (Å²) in [5.41, 5.74) is 0.653. The lowest BCUT2D eigenvalue weighted by Crippen LogP contribution is -2.27. The van der Waals surface area contributed by atoms with Gasteiger partial charge in [0.2, 0.25) is 5.91 Å². The Labute approximate surface area is 107 Å². The molecule has 1 rings (SSSR count). The van der Waals surface area contributed by atoms with Crippen molar-refractivity contribution in [3.63, 3.8) is 0 Å². The van der Waals surface area contributed by atoms with Gasteiger partial charge in [-0.1, -0.05) is 32.9 Å². The number of rotatable bonds is 6. The highest BCUT2D eigenvalue weighted by Crippen LogP contribution is 1.99. The fraction of sp³-hybridized carbons (Fsp3) is 0.667. The number of carbonyl (C=O) groups excluding carboxylic acids is 2. The number of carbonyl (C=O) groups is 2. The molecule has 0 saturated heterocycles. The van der Waals surface area contributed by atoms with Gasteiger partial charge in [0.05, 0.1) is 12.7 Å². The molecule has 0 saturated carbocycles. The van der Waals surface area contributed by atoms with Crippen LogP contribution in [0.1, 0.15) is 33.4 Å². The number of aromatic nitrogens is 3. The number of hydrogen-bond acceptors (Lipinski definition) is 4. The molecule has 1 N–H and O–H groups in total. The normalized spacial score (nSPS) is 11.0. The van der Waals surface area contributed by atoms with Crippen LogP contribution in [0.3, 0.4) is 0 Å². The molecule has 0 aliphatic carbocycles. The molecule has 0 spiro atoms. The van der Waals surface area contributed by atoms with Crippen molar-refractivity contribution in [2.75, 3.05) is 0 Å². The number of Topliss-reactive ketones (excluding diaryl/α,β-unsaturated/α-hetero) is 1. The molecule has 0 radical (unpaired) electrons. The van der Waals surface area contributed by atoms with Gasteiger partial charge in [0.15, 0.2) is 5.78 Å². The summed E-state index contributed by atoms with van der Waals surface area (Å²) in [6.07, 6.45) is 1.68. The lowest BCUT2D eigenvalue weighted by Gasteiger charge is -2.05. The van der Waals surface area contributed by atoms with Gasteiger partial charge in [-0.05, 0) is 0 Å². The van der Waals surface area contributed by atoms with Crippen LogP contribution >= 0.6 is 0 Å². The first-order valence-corrected chi connectivity index (χ1v) is 6.09. The van der Waals surface area contributed by atoms with E-state index in [0.717, 1.165) is 0 Å². The second-order valence-corrected chi connectivity index (χ2v) is 4.90. The molecule has 0 aliphatic rings. The molecular weight excluding hydrogens is 232 g/mol. The second-order valence-electron chi connectivity index (χ2n) is 4.90. The van der Waals surface area contributed by atoms with E-state index >= 15 is 0 Å². The van der Waals surface area contributed by atoms with Crippen LogP contribution in [0.15, 0.2) is 6.20 Å². The minimum atomic E-state index is -0.0532. The number of nitrogens with zero attached hydrogens (tertiary/aromatic N) is 3. The van der Waals surface area contributed by atoms with Crippen molar-refractivity contribution in [3.8, 4) is 0 Å². The minimum Gasteiger partial charge on any atom is -0.350 e. The molecule has 1 amide bonds. The molecule has 1 heterocycles. The van der Waals surface area contributed by atoms with Crippen molar-refractivity contribution < 1.29 is 9.59 Å². The first-order valence-electron chi connectivity index (χ1n) is 6.09. The molecule has 0 fully saturated rings. The number of ketones is 1. The summed E-state index contributed by atoms with van der Waals surface area (Å²) in [6, 6.07) is 0. The Morgan fingerprint density at radius 2 is 1.94 bits per heavy atom. The maximum absolute atomic E-state index is 11.5. The van der Waals surface area contributed by atoms with Crippen molar-refractivity contribution in [2.45, 2.75) is 40.8 Å². The number of amides is 1. The van der Waals surface area contributed by atoms with E-state index in [2.05, 4.69) is 15.6 Å². The van der Waals surface area contributed by atoms with Crippen LogP contribution < -0.4 is 5.32 Å². The summed E-state index contributed by atoms with van der Waals surface area (Å²) in [7, 11) is 0. The molecule has 0 bridgehead atoms. The van der Waals surface area contributed by atoms with Gasteiger partial charge in [-0.3, -0.25) is 9.59 Å². The first kappa shape index (κ1) is 14.3. The van der Waals surface area contributed by atoms with E-state index in [4.69, 9.17) is 0 Å². The zero-order chi connectivity index (χ0) is 13.7. The highest BCUT2D eigenvalue weighted by molar-refractivity contribution is 5.80. The summed E-state index contributed by atoms with van der Waals surface area (Å²) in [4.78, 5) is 22.9. The van der Waals surface area contributed by atoms with Crippen LogP contribution in [0.2, 0.25) is 0 Å². The van der Waals surface area contributed by atoms with Crippen LogP contribution in [0, 0.1) is 11.8 Å². The van der Waals surface area contributed by atoms with E-state index in [-0.39, 0.29) is 30.1 Å². The van der Waals surface area contributed by atoms with Crippen molar-refractivity contribution in [2.24, 2.45) is 11.8 Å². The predicted molar refractivity (Wildman–Crippen MR) is 66.6 cm³/mol. The van der Waals surface area contributed by atoms with Crippen LogP contribution in [0.25, 0.3) is 0 Å². The molecule has 0 unspecified atom stereocenters.